The number of nitro groups is 1. The van der Waals surface area contributed by atoms with Crippen LogP contribution in [0.4, 0.5) is 5.69 Å². The third-order valence-electron chi connectivity index (χ3n) is 4.95. The number of amides is 1. The van der Waals surface area contributed by atoms with Crippen molar-refractivity contribution in [1.29, 1.82) is 0 Å². The van der Waals surface area contributed by atoms with E-state index in [2.05, 4.69) is 10.6 Å². The number of carbonyl (C=O) groups excluding carboxylic acids is 1. The molecule has 0 unspecified atom stereocenters. The highest BCUT2D eigenvalue weighted by Gasteiger charge is 2.41. The summed E-state index contributed by atoms with van der Waals surface area (Å²) in [6.07, 6.45) is 6.03. The van der Waals surface area contributed by atoms with Gasteiger partial charge in [-0.2, -0.15) is 0 Å². The fourth-order valence-electron chi connectivity index (χ4n) is 3.29. The van der Waals surface area contributed by atoms with Crippen LogP contribution in [0.3, 0.4) is 0 Å². The number of hydrogen-bond donors (Lipinski definition) is 2. The van der Waals surface area contributed by atoms with Crippen LogP contribution < -0.4 is 10.6 Å². The summed E-state index contributed by atoms with van der Waals surface area (Å²) in [5.41, 5.74) is 0.156. The van der Waals surface area contributed by atoms with Gasteiger partial charge in [0.2, 0.25) is 5.91 Å². The van der Waals surface area contributed by atoms with Gasteiger partial charge >= 0.3 is 0 Å². The van der Waals surface area contributed by atoms with E-state index in [1.165, 1.54) is 18.9 Å². The van der Waals surface area contributed by atoms with Crippen LogP contribution in [0.25, 0.3) is 0 Å². The van der Waals surface area contributed by atoms with Crippen molar-refractivity contribution in [2.45, 2.75) is 50.6 Å². The summed E-state index contributed by atoms with van der Waals surface area (Å²) >= 11 is 0. The van der Waals surface area contributed by atoms with Crippen LogP contribution in [0.2, 0.25) is 0 Å². The second kappa shape index (κ2) is 6.66. The Morgan fingerprint density at radius 3 is 2.61 bits per heavy atom. The van der Waals surface area contributed by atoms with Gasteiger partial charge in [-0.1, -0.05) is 31.0 Å². The Balaban J connectivity index is 1.67. The summed E-state index contributed by atoms with van der Waals surface area (Å²) in [6.45, 7) is 1.10. The molecule has 3 rings (SSSR count). The Hall–Kier alpha value is -1.95. The highest BCUT2D eigenvalue weighted by Crippen LogP contribution is 2.32. The molecule has 1 amide bonds. The first-order chi connectivity index (χ1) is 11.1. The summed E-state index contributed by atoms with van der Waals surface area (Å²) in [7, 11) is 0. The molecule has 2 aliphatic carbocycles. The monoisotopic (exact) mass is 317 g/mol. The van der Waals surface area contributed by atoms with Gasteiger partial charge in [-0.3, -0.25) is 20.2 Å². The van der Waals surface area contributed by atoms with Crippen LogP contribution in [0, 0.1) is 16.0 Å². The minimum atomic E-state index is -0.571. The molecule has 0 bridgehead atoms. The number of nitrogens with zero attached hydrogens (tertiary/aromatic N) is 1. The minimum Gasteiger partial charge on any atom is -0.354 e. The summed E-state index contributed by atoms with van der Waals surface area (Å²) < 4.78 is 0. The molecule has 1 aromatic carbocycles. The predicted octanol–water partition coefficient (Wildman–Crippen LogP) is 2.52. The standard InChI is InChI=1S/C17H23N3O3/c21-16(18-11-13-7-8-13)17(9-3-4-10-17)19-12-14-5-1-2-6-15(14)20(22)23/h1-2,5-6,13,19H,3-4,7-12H2,(H,18,21). The number of para-hydroxylation sites is 1. The Morgan fingerprint density at radius 2 is 1.96 bits per heavy atom. The Morgan fingerprint density at radius 1 is 1.26 bits per heavy atom. The van der Waals surface area contributed by atoms with Crippen LogP contribution in [0.5, 0.6) is 0 Å². The highest BCUT2D eigenvalue weighted by atomic mass is 16.6. The molecular formula is C17H23N3O3. The van der Waals surface area contributed by atoms with Gasteiger partial charge < -0.3 is 5.32 Å². The molecule has 6 heteroatoms. The van der Waals surface area contributed by atoms with Gasteiger partial charge in [-0.05, 0) is 31.6 Å². The van der Waals surface area contributed by atoms with Crippen molar-refractivity contribution in [3.8, 4) is 0 Å². The van der Waals surface area contributed by atoms with E-state index in [1.54, 1.807) is 18.2 Å². The maximum atomic E-state index is 12.6. The van der Waals surface area contributed by atoms with Crippen LogP contribution in [-0.4, -0.2) is 22.9 Å². The van der Waals surface area contributed by atoms with E-state index in [4.69, 9.17) is 0 Å². The summed E-state index contributed by atoms with van der Waals surface area (Å²) in [4.78, 5) is 23.4. The average Bonchev–Trinajstić information content (AvgIpc) is 3.26. The SMILES string of the molecule is O=C(NCC1CC1)C1(NCc2ccccc2[N+](=O)[O-])CCCC1. The molecule has 0 heterocycles. The molecule has 23 heavy (non-hydrogen) atoms. The molecule has 2 fully saturated rings. The Bertz CT molecular complexity index is 593. The van der Waals surface area contributed by atoms with Crippen molar-refractivity contribution in [1.82, 2.24) is 10.6 Å². The summed E-state index contributed by atoms with van der Waals surface area (Å²) in [5.74, 6) is 0.702. The van der Waals surface area contributed by atoms with Crippen molar-refractivity contribution in [3.63, 3.8) is 0 Å². The number of rotatable bonds is 7. The van der Waals surface area contributed by atoms with Crippen molar-refractivity contribution >= 4 is 11.6 Å². The van der Waals surface area contributed by atoms with Crippen molar-refractivity contribution < 1.29 is 9.72 Å². The Kier molecular flexibility index (Phi) is 4.61. The fourth-order valence-corrected chi connectivity index (χ4v) is 3.29. The van der Waals surface area contributed by atoms with Crippen LogP contribution in [0.15, 0.2) is 24.3 Å². The van der Waals surface area contributed by atoms with Crippen molar-refractivity contribution in [3.05, 3.63) is 39.9 Å². The first-order valence-corrected chi connectivity index (χ1v) is 8.36. The highest BCUT2D eigenvalue weighted by molar-refractivity contribution is 5.86. The molecule has 124 valence electrons. The van der Waals surface area contributed by atoms with Gasteiger partial charge in [0.15, 0.2) is 0 Å². The molecule has 2 aliphatic rings. The molecule has 0 aromatic heterocycles. The second-order valence-electron chi connectivity index (χ2n) is 6.68. The van der Waals surface area contributed by atoms with E-state index in [-0.39, 0.29) is 16.5 Å². The van der Waals surface area contributed by atoms with Crippen LogP contribution >= 0.6 is 0 Å². The molecule has 0 spiro atoms. The zero-order valence-corrected chi connectivity index (χ0v) is 13.2. The number of nitrogens with one attached hydrogen (secondary N) is 2. The molecule has 1 aromatic rings. The van der Waals surface area contributed by atoms with Gasteiger partial charge in [0.25, 0.3) is 5.69 Å². The predicted molar refractivity (Wildman–Crippen MR) is 86.9 cm³/mol. The third-order valence-corrected chi connectivity index (χ3v) is 4.95. The quantitative estimate of drug-likeness (QED) is 0.598. The fraction of sp³-hybridized carbons (Fsp3) is 0.588. The van der Waals surface area contributed by atoms with Gasteiger partial charge in [0, 0.05) is 24.7 Å². The molecule has 0 atom stereocenters. The normalized spacial score (nSPS) is 19.5. The molecule has 2 saturated carbocycles. The van der Waals surface area contributed by atoms with E-state index < -0.39 is 5.54 Å². The smallest absolute Gasteiger partial charge is 0.273 e. The van der Waals surface area contributed by atoms with Gasteiger partial charge in [-0.15, -0.1) is 0 Å². The number of carbonyl (C=O) groups is 1. The lowest BCUT2D eigenvalue weighted by molar-refractivity contribution is -0.385. The summed E-state index contributed by atoms with van der Waals surface area (Å²) in [5, 5.41) is 17.5. The maximum Gasteiger partial charge on any atom is 0.273 e. The van der Waals surface area contributed by atoms with E-state index >= 15 is 0 Å². The molecule has 2 N–H and O–H groups in total. The number of hydrogen-bond acceptors (Lipinski definition) is 4. The molecule has 6 nitrogen and oxygen atoms in total. The average molecular weight is 317 g/mol. The molecular weight excluding hydrogens is 294 g/mol. The van der Waals surface area contributed by atoms with E-state index in [9.17, 15) is 14.9 Å². The van der Waals surface area contributed by atoms with Crippen LogP contribution in [-0.2, 0) is 11.3 Å². The first-order valence-electron chi connectivity index (χ1n) is 8.36. The third kappa shape index (κ3) is 3.69. The zero-order valence-electron chi connectivity index (χ0n) is 13.2. The van der Waals surface area contributed by atoms with Crippen molar-refractivity contribution in [2.24, 2.45) is 5.92 Å². The lowest BCUT2D eigenvalue weighted by Gasteiger charge is -2.29. The zero-order chi connectivity index (χ0) is 16.3. The van der Waals surface area contributed by atoms with E-state index in [1.807, 2.05) is 0 Å². The minimum absolute atomic E-state index is 0.0560. The molecule has 0 aliphatic heterocycles. The topological polar surface area (TPSA) is 84.3 Å². The van der Waals surface area contributed by atoms with Crippen LogP contribution in [0.1, 0.15) is 44.1 Å². The lowest BCUT2D eigenvalue weighted by atomic mass is 9.95. The summed E-state index contributed by atoms with van der Waals surface area (Å²) in [6, 6.07) is 6.70. The largest absolute Gasteiger partial charge is 0.354 e. The maximum absolute atomic E-state index is 12.6. The van der Waals surface area contributed by atoms with E-state index in [0.29, 0.717) is 18.0 Å². The first kappa shape index (κ1) is 15.9. The molecule has 0 radical (unpaired) electrons. The van der Waals surface area contributed by atoms with Gasteiger partial charge in [-0.25, -0.2) is 0 Å². The Labute approximate surface area is 135 Å². The van der Waals surface area contributed by atoms with E-state index in [0.717, 1.165) is 32.2 Å². The van der Waals surface area contributed by atoms with Crippen molar-refractivity contribution in [2.75, 3.05) is 6.54 Å². The number of nitro benzene ring substituents is 1. The second-order valence-corrected chi connectivity index (χ2v) is 6.68. The van der Waals surface area contributed by atoms with Gasteiger partial charge in [0.05, 0.1) is 10.5 Å². The molecule has 0 saturated heterocycles. The number of benzene rings is 1. The lowest BCUT2D eigenvalue weighted by Crippen LogP contribution is -2.55. The van der Waals surface area contributed by atoms with Gasteiger partial charge in [0.1, 0.15) is 0 Å².